The molecule has 0 radical (unpaired) electrons. The van der Waals surface area contributed by atoms with E-state index >= 15 is 0 Å². The number of halogens is 2. The molecule has 0 aliphatic rings. The highest BCUT2D eigenvalue weighted by atomic mass is 19.1. The average Bonchev–Trinajstić information content (AvgIpc) is 2.98. The van der Waals surface area contributed by atoms with Gasteiger partial charge in [0.25, 0.3) is 5.91 Å². The normalized spacial score (nSPS) is 10.8. The molecule has 0 saturated heterocycles. The van der Waals surface area contributed by atoms with Crippen molar-refractivity contribution in [3.8, 4) is 11.6 Å². The summed E-state index contributed by atoms with van der Waals surface area (Å²) in [5, 5.41) is 2.74. The SMILES string of the molecule is CCCNC(=O)c1c[nH]c2ncc(Oc3ccc(F)cc3F)nc12. The van der Waals surface area contributed by atoms with Crippen LogP contribution in [0.2, 0.25) is 0 Å². The van der Waals surface area contributed by atoms with Crippen molar-refractivity contribution in [2.75, 3.05) is 6.54 Å². The minimum absolute atomic E-state index is 0.00264. The summed E-state index contributed by atoms with van der Waals surface area (Å²) in [5.41, 5.74) is 1.03. The Balaban J connectivity index is 1.91. The topological polar surface area (TPSA) is 79.9 Å². The third-order valence-corrected chi connectivity index (χ3v) is 3.25. The van der Waals surface area contributed by atoms with Crippen LogP contribution in [0.3, 0.4) is 0 Å². The molecule has 6 nitrogen and oxygen atoms in total. The van der Waals surface area contributed by atoms with Crippen molar-refractivity contribution in [3.63, 3.8) is 0 Å². The molecule has 3 aromatic rings. The molecule has 0 unspecified atom stereocenters. The van der Waals surface area contributed by atoms with Gasteiger partial charge in [-0.05, 0) is 18.6 Å². The summed E-state index contributed by atoms with van der Waals surface area (Å²) < 4.78 is 31.9. The van der Waals surface area contributed by atoms with Gasteiger partial charge in [0.2, 0.25) is 5.88 Å². The number of nitrogens with zero attached hydrogens (tertiary/aromatic N) is 2. The number of nitrogens with one attached hydrogen (secondary N) is 2. The van der Waals surface area contributed by atoms with Crippen LogP contribution in [0.4, 0.5) is 8.78 Å². The summed E-state index contributed by atoms with van der Waals surface area (Å²) >= 11 is 0. The minimum atomic E-state index is -0.855. The van der Waals surface area contributed by atoms with Crippen LogP contribution in [-0.4, -0.2) is 27.4 Å². The number of amides is 1. The van der Waals surface area contributed by atoms with Gasteiger partial charge in [0, 0.05) is 18.8 Å². The monoisotopic (exact) mass is 332 g/mol. The quantitative estimate of drug-likeness (QED) is 0.752. The van der Waals surface area contributed by atoms with E-state index in [4.69, 9.17) is 4.74 Å². The summed E-state index contributed by atoms with van der Waals surface area (Å²) in [6, 6.07) is 2.94. The lowest BCUT2D eigenvalue weighted by atomic mass is 10.3. The van der Waals surface area contributed by atoms with Gasteiger partial charge in [0.15, 0.2) is 17.2 Å². The first kappa shape index (κ1) is 15.9. The summed E-state index contributed by atoms with van der Waals surface area (Å²) in [6.45, 7) is 2.48. The van der Waals surface area contributed by atoms with Gasteiger partial charge in [-0.3, -0.25) is 4.79 Å². The molecular weight excluding hydrogens is 318 g/mol. The first-order valence-corrected chi connectivity index (χ1v) is 7.33. The van der Waals surface area contributed by atoms with Crippen LogP contribution in [0.5, 0.6) is 11.6 Å². The van der Waals surface area contributed by atoms with E-state index in [1.165, 1.54) is 12.4 Å². The van der Waals surface area contributed by atoms with Gasteiger partial charge < -0.3 is 15.0 Å². The summed E-state index contributed by atoms with van der Waals surface area (Å²) in [4.78, 5) is 23.2. The van der Waals surface area contributed by atoms with Gasteiger partial charge in [0.05, 0.1) is 11.8 Å². The Morgan fingerprint density at radius 1 is 1.38 bits per heavy atom. The number of ether oxygens (including phenoxy) is 1. The lowest BCUT2D eigenvalue weighted by Crippen LogP contribution is -2.23. The van der Waals surface area contributed by atoms with E-state index in [2.05, 4.69) is 20.3 Å². The second kappa shape index (κ2) is 6.61. The zero-order valence-corrected chi connectivity index (χ0v) is 12.8. The third-order valence-electron chi connectivity index (χ3n) is 3.25. The summed E-state index contributed by atoms with van der Waals surface area (Å²) in [6.07, 6.45) is 3.59. The fourth-order valence-corrected chi connectivity index (χ4v) is 2.10. The number of aromatic amines is 1. The second-order valence-electron chi connectivity index (χ2n) is 5.04. The van der Waals surface area contributed by atoms with Crippen LogP contribution in [-0.2, 0) is 0 Å². The van der Waals surface area contributed by atoms with Gasteiger partial charge in [-0.25, -0.2) is 18.7 Å². The highest BCUT2D eigenvalue weighted by Crippen LogP contribution is 2.25. The average molecular weight is 332 g/mol. The molecule has 8 heteroatoms. The molecule has 0 spiro atoms. The molecule has 1 amide bonds. The van der Waals surface area contributed by atoms with E-state index in [1.807, 2.05) is 6.92 Å². The molecule has 124 valence electrons. The van der Waals surface area contributed by atoms with Crippen molar-refractivity contribution < 1.29 is 18.3 Å². The van der Waals surface area contributed by atoms with E-state index in [0.717, 1.165) is 18.6 Å². The van der Waals surface area contributed by atoms with Gasteiger partial charge >= 0.3 is 0 Å². The smallest absolute Gasteiger partial charge is 0.255 e. The Morgan fingerprint density at radius 2 is 2.21 bits per heavy atom. The molecule has 2 heterocycles. The Labute approximate surface area is 135 Å². The molecule has 0 bridgehead atoms. The fourth-order valence-electron chi connectivity index (χ4n) is 2.10. The van der Waals surface area contributed by atoms with Crippen LogP contribution in [0.15, 0.2) is 30.6 Å². The number of fused-ring (bicyclic) bond motifs is 1. The maximum absolute atomic E-state index is 13.7. The largest absolute Gasteiger partial charge is 0.434 e. The maximum atomic E-state index is 13.7. The molecule has 0 aliphatic carbocycles. The molecule has 1 aromatic carbocycles. The summed E-state index contributed by atoms with van der Waals surface area (Å²) in [7, 11) is 0. The van der Waals surface area contributed by atoms with Crippen LogP contribution in [0.1, 0.15) is 23.7 Å². The number of aromatic nitrogens is 3. The maximum Gasteiger partial charge on any atom is 0.255 e. The highest BCUT2D eigenvalue weighted by Gasteiger charge is 2.15. The van der Waals surface area contributed by atoms with Crippen LogP contribution >= 0.6 is 0 Å². The Hall–Kier alpha value is -3.03. The number of hydrogen-bond donors (Lipinski definition) is 2. The predicted molar refractivity (Wildman–Crippen MR) is 82.9 cm³/mol. The number of H-pyrrole nitrogens is 1. The minimum Gasteiger partial charge on any atom is -0.434 e. The standard InChI is InChI=1S/C16H14F2N4O2/c1-2-5-19-16(23)10-7-20-15-14(10)22-13(8-21-15)24-12-4-3-9(17)6-11(12)18/h3-4,6-8H,2,5H2,1H3,(H,19,23)(H,20,21). The van der Waals surface area contributed by atoms with Crippen LogP contribution in [0, 0.1) is 11.6 Å². The Morgan fingerprint density at radius 3 is 2.96 bits per heavy atom. The molecule has 0 atom stereocenters. The van der Waals surface area contributed by atoms with Crippen molar-refractivity contribution in [2.45, 2.75) is 13.3 Å². The molecule has 2 aromatic heterocycles. The first-order chi connectivity index (χ1) is 11.6. The molecule has 2 N–H and O–H groups in total. The molecule has 3 rings (SSSR count). The number of carbonyl (C=O) groups excluding carboxylic acids is 1. The van der Waals surface area contributed by atoms with Crippen molar-refractivity contribution in [1.29, 1.82) is 0 Å². The van der Waals surface area contributed by atoms with Crippen LogP contribution in [0.25, 0.3) is 11.2 Å². The van der Waals surface area contributed by atoms with Crippen molar-refractivity contribution >= 4 is 17.1 Å². The van der Waals surface area contributed by atoms with E-state index < -0.39 is 11.6 Å². The lowest BCUT2D eigenvalue weighted by Gasteiger charge is -2.06. The van der Waals surface area contributed by atoms with Gasteiger partial charge in [0.1, 0.15) is 11.3 Å². The number of hydrogen-bond acceptors (Lipinski definition) is 4. The van der Waals surface area contributed by atoms with Crippen molar-refractivity contribution in [1.82, 2.24) is 20.3 Å². The Bertz CT molecular complexity index is 895. The highest BCUT2D eigenvalue weighted by molar-refractivity contribution is 6.04. The third kappa shape index (κ3) is 3.17. The number of carbonyl (C=O) groups is 1. The van der Waals surface area contributed by atoms with E-state index in [9.17, 15) is 13.6 Å². The number of benzene rings is 1. The molecule has 0 fully saturated rings. The van der Waals surface area contributed by atoms with Gasteiger partial charge in [-0.2, -0.15) is 0 Å². The first-order valence-electron chi connectivity index (χ1n) is 7.33. The lowest BCUT2D eigenvalue weighted by molar-refractivity contribution is 0.0955. The van der Waals surface area contributed by atoms with Crippen molar-refractivity contribution in [3.05, 3.63) is 47.8 Å². The molecule has 0 saturated carbocycles. The molecular formula is C16H14F2N4O2. The van der Waals surface area contributed by atoms with Crippen LogP contribution < -0.4 is 10.1 Å². The number of rotatable bonds is 5. The molecule has 0 aliphatic heterocycles. The van der Waals surface area contributed by atoms with Gasteiger partial charge in [-0.1, -0.05) is 6.92 Å². The zero-order chi connectivity index (χ0) is 17.1. The summed E-state index contributed by atoms with van der Waals surface area (Å²) in [5.74, 6) is -2.04. The van der Waals surface area contributed by atoms with E-state index in [1.54, 1.807) is 0 Å². The fraction of sp³-hybridized carbons (Fsp3) is 0.188. The molecule has 24 heavy (non-hydrogen) atoms. The Kier molecular flexibility index (Phi) is 4.37. The van der Waals surface area contributed by atoms with E-state index in [-0.39, 0.29) is 17.5 Å². The zero-order valence-electron chi connectivity index (χ0n) is 12.8. The predicted octanol–water partition coefficient (Wildman–Crippen LogP) is 3.17. The van der Waals surface area contributed by atoms with Gasteiger partial charge in [-0.15, -0.1) is 0 Å². The van der Waals surface area contributed by atoms with Crippen molar-refractivity contribution in [2.24, 2.45) is 0 Å². The second-order valence-corrected chi connectivity index (χ2v) is 5.04. The van der Waals surface area contributed by atoms with E-state index in [0.29, 0.717) is 29.3 Å².